The number of halogens is 1. The third-order valence-corrected chi connectivity index (χ3v) is 5.00. The molecule has 3 rings (SSSR count). The van der Waals surface area contributed by atoms with Crippen molar-refractivity contribution in [3.63, 3.8) is 0 Å². The summed E-state index contributed by atoms with van der Waals surface area (Å²) in [5, 5.41) is 4.76. The van der Waals surface area contributed by atoms with Crippen LogP contribution in [0.4, 0.5) is 4.39 Å². The van der Waals surface area contributed by atoms with Crippen LogP contribution in [0, 0.1) is 5.82 Å². The second-order valence-electron chi connectivity index (χ2n) is 5.14. The molecule has 0 bridgehead atoms. The summed E-state index contributed by atoms with van der Waals surface area (Å²) >= 11 is 1.76. The Bertz CT molecular complexity index is 710. The van der Waals surface area contributed by atoms with Gasteiger partial charge in [0.15, 0.2) is 0 Å². The van der Waals surface area contributed by atoms with Gasteiger partial charge in [0.25, 0.3) is 5.91 Å². The van der Waals surface area contributed by atoms with Gasteiger partial charge >= 0.3 is 0 Å². The summed E-state index contributed by atoms with van der Waals surface area (Å²) in [6.07, 6.45) is 2.22. The zero-order chi connectivity index (χ0) is 14.8. The summed E-state index contributed by atoms with van der Waals surface area (Å²) < 4.78 is 13.7. The second-order valence-corrected chi connectivity index (χ2v) is 6.42. The van der Waals surface area contributed by atoms with Crippen molar-refractivity contribution in [1.29, 1.82) is 0 Å². The molecular formula is C15H16FN3OS. The number of hydrogen-bond acceptors (Lipinski definition) is 4. The molecule has 1 amide bonds. The number of aliphatic imine (C=N–C) groups is 1. The van der Waals surface area contributed by atoms with Gasteiger partial charge in [-0.25, -0.2) is 9.38 Å². The standard InChI is InChI=1S/C15H16FN3OS/c1-9-2-3-11(16)13-14(9)18-12(19-15(13)20)8-21-10-4-6-17-7-5-10/h2-3,10,17H,1,4-8H2. The highest BCUT2D eigenvalue weighted by atomic mass is 32.2. The molecule has 0 unspecified atom stereocenters. The minimum atomic E-state index is -0.583. The molecule has 4 nitrogen and oxygen atoms in total. The van der Waals surface area contributed by atoms with Gasteiger partial charge in [0.1, 0.15) is 17.2 Å². The number of carbonyl (C=O) groups is 1. The normalized spacial score (nSPS) is 18.9. The number of thioether (sulfide) groups is 1. The largest absolute Gasteiger partial charge is 0.317 e. The van der Waals surface area contributed by atoms with Crippen LogP contribution in [0.15, 0.2) is 22.1 Å². The van der Waals surface area contributed by atoms with E-state index in [1.54, 1.807) is 11.8 Å². The van der Waals surface area contributed by atoms with Gasteiger partial charge in [0.2, 0.25) is 0 Å². The molecule has 1 fully saturated rings. The molecule has 21 heavy (non-hydrogen) atoms. The number of rotatable bonds is 3. The maximum atomic E-state index is 13.7. The highest BCUT2D eigenvalue weighted by molar-refractivity contribution is 8.00. The summed E-state index contributed by atoms with van der Waals surface area (Å²) in [6.45, 7) is 5.86. The highest BCUT2D eigenvalue weighted by Crippen LogP contribution is 2.21. The molecule has 0 radical (unpaired) electrons. The number of carbonyl (C=O) groups excluding carboxylic acids is 1. The van der Waals surface area contributed by atoms with E-state index in [2.05, 4.69) is 21.9 Å². The minimum absolute atomic E-state index is 0.0573. The number of nitrogens with one attached hydrogen (secondary N) is 1. The number of benzene rings is 1. The first-order chi connectivity index (χ1) is 10.1. The van der Waals surface area contributed by atoms with E-state index in [4.69, 9.17) is 0 Å². The van der Waals surface area contributed by atoms with Gasteiger partial charge in [-0.1, -0.05) is 12.6 Å². The van der Waals surface area contributed by atoms with Gasteiger partial charge in [0.05, 0.1) is 11.1 Å². The van der Waals surface area contributed by atoms with Crippen LogP contribution >= 0.6 is 11.8 Å². The molecule has 6 heteroatoms. The monoisotopic (exact) mass is 305 g/mol. The number of amidine groups is 1. The summed E-state index contributed by atoms with van der Waals surface area (Å²) in [5.74, 6) is -0.0957. The number of amides is 1. The molecule has 2 heterocycles. The summed E-state index contributed by atoms with van der Waals surface area (Å²) in [5.41, 5.74) is -0.0573. The maximum absolute atomic E-state index is 13.7. The van der Waals surface area contributed by atoms with Crippen molar-refractivity contribution in [2.45, 2.75) is 18.1 Å². The quantitative estimate of drug-likeness (QED) is 0.902. The van der Waals surface area contributed by atoms with Crippen molar-refractivity contribution in [1.82, 2.24) is 5.32 Å². The molecular weight excluding hydrogens is 289 g/mol. The smallest absolute Gasteiger partial charge is 0.283 e. The van der Waals surface area contributed by atoms with Gasteiger partial charge in [-0.3, -0.25) is 4.79 Å². The number of nitrogens with zero attached hydrogens (tertiary/aromatic N) is 2. The molecule has 1 saturated heterocycles. The third-order valence-electron chi connectivity index (χ3n) is 3.63. The molecule has 1 aromatic carbocycles. The van der Waals surface area contributed by atoms with Crippen molar-refractivity contribution in [2.24, 2.45) is 9.98 Å². The molecule has 110 valence electrons. The first-order valence-corrected chi connectivity index (χ1v) is 8.00. The fourth-order valence-electron chi connectivity index (χ4n) is 2.49. The lowest BCUT2D eigenvalue weighted by molar-refractivity contribution is 0.0996. The SMILES string of the molecule is C=c1ccc(F)c2c1=NC(CSC1CCNCC1)=NC2=O. The van der Waals surface area contributed by atoms with Crippen molar-refractivity contribution in [2.75, 3.05) is 18.8 Å². The fourth-order valence-corrected chi connectivity index (χ4v) is 3.57. The van der Waals surface area contributed by atoms with Crippen LogP contribution in [-0.4, -0.2) is 35.8 Å². The molecule has 0 saturated carbocycles. The number of fused-ring (bicyclic) bond motifs is 1. The topological polar surface area (TPSA) is 53.8 Å². The number of hydrogen-bond donors (Lipinski definition) is 1. The Morgan fingerprint density at radius 1 is 1.33 bits per heavy atom. The maximum Gasteiger partial charge on any atom is 0.283 e. The van der Waals surface area contributed by atoms with Gasteiger partial charge < -0.3 is 5.32 Å². The zero-order valence-corrected chi connectivity index (χ0v) is 12.4. The van der Waals surface area contributed by atoms with Crippen LogP contribution in [0.25, 0.3) is 6.58 Å². The Hall–Kier alpha value is -1.53. The first kappa shape index (κ1) is 14.4. The summed E-state index contributed by atoms with van der Waals surface area (Å²) in [4.78, 5) is 20.2. The van der Waals surface area contributed by atoms with Crippen LogP contribution in [0.1, 0.15) is 23.2 Å². The van der Waals surface area contributed by atoms with E-state index in [-0.39, 0.29) is 5.56 Å². The van der Waals surface area contributed by atoms with E-state index >= 15 is 0 Å². The Labute approximate surface area is 126 Å². The van der Waals surface area contributed by atoms with Crippen LogP contribution < -0.4 is 15.9 Å². The predicted molar refractivity (Wildman–Crippen MR) is 82.8 cm³/mol. The predicted octanol–water partition coefficient (Wildman–Crippen LogP) is 0.893. The average molecular weight is 305 g/mol. The highest BCUT2D eigenvalue weighted by Gasteiger charge is 2.21. The molecule has 2 aliphatic heterocycles. The molecule has 0 atom stereocenters. The third kappa shape index (κ3) is 3.06. The first-order valence-electron chi connectivity index (χ1n) is 6.95. The van der Waals surface area contributed by atoms with E-state index < -0.39 is 11.7 Å². The minimum Gasteiger partial charge on any atom is -0.317 e. The Kier molecular flexibility index (Phi) is 4.17. The van der Waals surface area contributed by atoms with Gasteiger partial charge in [-0.2, -0.15) is 16.8 Å². The van der Waals surface area contributed by atoms with E-state index in [1.807, 2.05) is 0 Å². The Morgan fingerprint density at radius 3 is 2.86 bits per heavy atom. The van der Waals surface area contributed by atoms with Gasteiger partial charge in [-0.05, 0) is 37.2 Å². The molecule has 0 spiro atoms. The Balaban J connectivity index is 1.82. The van der Waals surface area contributed by atoms with Crippen LogP contribution in [-0.2, 0) is 0 Å². The second kappa shape index (κ2) is 6.07. The van der Waals surface area contributed by atoms with Gasteiger partial charge in [0, 0.05) is 5.25 Å². The summed E-state index contributed by atoms with van der Waals surface area (Å²) in [6, 6.07) is 2.77. The molecule has 1 N–H and O–H groups in total. The fraction of sp³-hybridized carbons (Fsp3) is 0.400. The molecule has 2 aliphatic rings. The number of piperidine rings is 1. The zero-order valence-electron chi connectivity index (χ0n) is 11.6. The van der Waals surface area contributed by atoms with E-state index in [9.17, 15) is 9.18 Å². The average Bonchev–Trinajstić information content (AvgIpc) is 2.50. The van der Waals surface area contributed by atoms with Crippen molar-refractivity contribution in [3.05, 3.63) is 34.1 Å². The van der Waals surface area contributed by atoms with Crippen molar-refractivity contribution < 1.29 is 9.18 Å². The van der Waals surface area contributed by atoms with E-state index in [0.717, 1.165) is 25.9 Å². The van der Waals surface area contributed by atoms with Crippen LogP contribution in [0.3, 0.4) is 0 Å². The molecule has 0 aromatic heterocycles. The molecule has 1 aromatic rings. The molecule has 0 aliphatic carbocycles. The lowest BCUT2D eigenvalue weighted by Gasteiger charge is -2.22. The summed E-state index contributed by atoms with van der Waals surface area (Å²) in [7, 11) is 0. The lowest BCUT2D eigenvalue weighted by Crippen LogP contribution is -2.36. The van der Waals surface area contributed by atoms with E-state index in [0.29, 0.717) is 27.4 Å². The van der Waals surface area contributed by atoms with Crippen LogP contribution in [0.2, 0.25) is 0 Å². The van der Waals surface area contributed by atoms with E-state index in [1.165, 1.54) is 12.1 Å². The van der Waals surface area contributed by atoms with Crippen molar-refractivity contribution >= 4 is 30.1 Å². The van der Waals surface area contributed by atoms with Crippen LogP contribution in [0.5, 0.6) is 0 Å². The van der Waals surface area contributed by atoms with Crippen molar-refractivity contribution in [3.8, 4) is 0 Å². The lowest BCUT2D eigenvalue weighted by atomic mass is 10.1. The van der Waals surface area contributed by atoms with Gasteiger partial charge in [-0.15, -0.1) is 0 Å². The Morgan fingerprint density at radius 2 is 2.10 bits per heavy atom.